The van der Waals surface area contributed by atoms with Gasteiger partial charge in [-0.05, 0) is 18.8 Å². The standard InChI is InChI=1S/C14H24N4O2S2/c1-10-5-3-4-6-11(10)16-12(19)9-21-14-18-17-13(22-14)15-7-8-20-2/h10-11H,3-9H2,1-2H3,(H,15,17)(H,16,19). The zero-order valence-corrected chi connectivity index (χ0v) is 14.8. The van der Waals surface area contributed by atoms with Crippen molar-refractivity contribution in [2.75, 3.05) is 31.3 Å². The fourth-order valence-electron chi connectivity index (χ4n) is 2.51. The Morgan fingerprint density at radius 1 is 1.41 bits per heavy atom. The number of ether oxygens (including phenoxy) is 1. The highest BCUT2D eigenvalue weighted by molar-refractivity contribution is 8.01. The number of hydrogen-bond acceptors (Lipinski definition) is 7. The molecule has 0 aromatic carbocycles. The van der Waals surface area contributed by atoms with Crippen LogP contribution < -0.4 is 10.6 Å². The lowest BCUT2D eigenvalue weighted by atomic mass is 9.86. The van der Waals surface area contributed by atoms with E-state index in [9.17, 15) is 4.79 Å². The van der Waals surface area contributed by atoms with Gasteiger partial charge in [0.15, 0.2) is 4.34 Å². The molecule has 1 fully saturated rings. The minimum absolute atomic E-state index is 0.0906. The first-order chi connectivity index (χ1) is 10.7. The van der Waals surface area contributed by atoms with Gasteiger partial charge in [0.2, 0.25) is 11.0 Å². The van der Waals surface area contributed by atoms with Crippen molar-refractivity contribution in [2.24, 2.45) is 5.92 Å². The molecule has 1 aromatic rings. The molecule has 0 bridgehead atoms. The average Bonchev–Trinajstić information content (AvgIpc) is 2.96. The third kappa shape index (κ3) is 5.73. The third-order valence-corrected chi connectivity index (χ3v) is 5.79. The minimum atomic E-state index is 0.0906. The van der Waals surface area contributed by atoms with Crippen molar-refractivity contribution in [3.63, 3.8) is 0 Å². The molecule has 2 unspecified atom stereocenters. The van der Waals surface area contributed by atoms with E-state index in [2.05, 4.69) is 27.8 Å². The molecule has 1 heterocycles. The zero-order valence-electron chi connectivity index (χ0n) is 13.1. The van der Waals surface area contributed by atoms with Crippen molar-refractivity contribution in [1.82, 2.24) is 15.5 Å². The van der Waals surface area contributed by atoms with E-state index in [4.69, 9.17) is 4.74 Å². The van der Waals surface area contributed by atoms with Crippen molar-refractivity contribution >= 4 is 34.1 Å². The van der Waals surface area contributed by atoms with Gasteiger partial charge in [0.05, 0.1) is 12.4 Å². The summed E-state index contributed by atoms with van der Waals surface area (Å²) in [5, 5.41) is 15.2. The van der Waals surface area contributed by atoms with Gasteiger partial charge in [0.25, 0.3) is 0 Å². The van der Waals surface area contributed by atoms with Crippen LogP contribution in [0.1, 0.15) is 32.6 Å². The highest BCUT2D eigenvalue weighted by Gasteiger charge is 2.22. The Morgan fingerprint density at radius 2 is 2.23 bits per heavy atom. The van der Waals surface area contributed by atoms with Crippen LogP contribution in [0.25, 0.3) is 0 Å². The summed E-state index contributed by atoms with van der Waals surface area (Å²) in [7, 11) is 1.66. The fourth-order valence-corrected chi connectivity index (χ4v) is 4.09. The van der Waals surface area contributed by atoms with E-state index in [1.54, 1.807) is 7.11 Å². The summed E-state index contributed by atoms with van der Waals surface area (Å²) >= 11 is 2.91. The van der Waals surface area contributed by atoms with Gasteiger partial charge in [0, 0.05) is 19.7 Å². The molecule has 2 N–H and O–H groups in total. The van der Waals surface area contributed by atoms with Gasteiger partial charge < -0.3 is 15.4 Å². The maximum atomic E-state index is 12.0. The van der Waals surface area contributed by atoms with E-state index in [0.29, 0.717) is 30.9 Å². The summed E-state index contributed by atoms with van der Waals surface area (Å²) < 4.78 is 5.78. The van der Waals surface area contributed by atoms with Gasteiger partial charge in [0.1, 0.15) is 0 Å². The smallest absolute Gasteiger partial charge is 0.230 e. The zero-order chi connectivity index (χ0) is 15.8. The van der Waals surface area contributed by atoms with Gasteiger partial charge in [-0.2, -0.15) is 0 Å². The van der Waals surface area contributed by atoms with Crippen LogP contribution in [0.15, 0.2) is 4.34 Å². The van der Waals surface area contributed by atoms with Crippen LogP contribution >= 0.6 is 23.1 Å². The number of amides is 1. The predicted molar refractivity (Wildman–Crippen MR) is 90.6 cm³/mol. The SMILES string of the molecule is COCCNc1nnc(SCC(=O)NC2CCCCC2C)s1. The number of nitrogens with one attached hydrogen (secondary N) is 2. The van der Waals surface area contributed by atoms with Crippen molar-refractivity contribution in [3.8, 4) is 0 Å². The van der Waals surface area contributed by atoms with Crippen LogP contribution in [0.2, 0.25) is 0 Å². The van der Waals surface area contributed by atoms with Gasteiger partial charge >= 0.3 is 0 Å². The molecular weight excluding hydrogens is 320 g/mol. The molecule has 22 heavy (non-hydrogen) atoms. The molecule has 1 saturated carbocycles. The number of carbonyl (C=O) groups excluding carboxylic acids is 1. The fraction of sp³-hybridized carbons (Fsp3) is 0.786. The summed E-state index contributed by atoms with van der Waals surface area (Å²) in [5.41, 5.74) is 0. The molecule has 2 atom stereocenters. The second-order valence-corrected chi connectivity index (χ2v) is 7.72. The van der Waals surface area contributed by atoms with Gasteiger partial charge in [-0.3, -0.25) is 4.79 Å². The minimum Gasteiger partial charge on any atom is -0.383 e. The number of aromatic nitrogens is 2. The first-order valence-corrected chi connectivity index (χ1v) is 9.47. The topological polar surface area (TPSA) is 76.1 Å². The molecule has 6 nitrogen and oxygen atoms in total. The second-order valence-electron chi connectivity index (χ2n) is 5.52. The molecule has 1 aliphatic carbocycles. The van der Waals surface area contributed by atoms with Crippen LogP contribution in [0, 0.1) is 5.92 Å². The lowest BCUT2D eigenvalue weighted by molar-refractivity contribution is -0.119. The van der Waals surface area contributed by atoms with Crippen LogP contribution in [-0.2, 0) is 9.53 Å². The Kier molecular flexibility index (Phi) is 7.41. The van der Waals surface area contributed by atoms with Crippen molar-refractivity contribution < 1.29 is 9.53 Å². The Balaban J connectivity index is 1.69. The molecule has 1 amide bonds. The largest absolute Gasteiger partial charge is 0.383 e. The summed E-state index contributed by atoms with van der Waals surface area (Å²) in [6.07, 6.45) is 4.82. The number of hydrogen-bond donors (Lipinski definition) is 2. The predicted octanol–water partition coefficient (Wildman–Crippen LogP) is 2.38. The van der Waals surface area contributed by atoms with E-state index in [0.717, 1.165) is 15.9 Å². The molecule has 0 spiro atoms. The number of anilines is 1. The normalized spacial score (nSPS) is 21.5. The second kappa shape index (κ2) is 9.32. The van der Waals surface area contributed by atoms with Crippen molar-refractivity contribution in [3.05, 3.63) is 0 Å². The molecule has 1 aliphatic rings. The van der Waals surface area contributed by atoms with Crippen LogP contribution in [0.4, 0.5) is 5.13 Å². The molecular formula is C14H24N4O2S2. The average molecular weight is 345 g/mol. The lowest BCUT2D eigenvalue weighted by Gasteiger charge is -2.29. The Bertz CT molecular complexity index is 469. The summed E-state index contributed by atoms with van der Waals surface area (Å²) in [4.78, 5) is 12.0. The van der Waals surface area contributed by atoms with Crippen LogP contribution in [0.3, 0.4) is 0 Å². The Morgan fingerprint density at radius 3 is 3.00 bits per heavy atom. The molecule has 124 valence electrons. The maximum Gasteiger partial charge on any atom is 0.230 e. The van der Waals surface area contributed by atoms with Crippen molar-refractivity contribution in [1.29, 1.82) is 0 Å². The van der Waals surface area contributed by atoms with Crippen LogP contribution in [0.5, 0.6) is 0 Å². The Hall–Kier alpha value is -0.860. The highest BCUT2D eigenvalue weighted by atomic mass is 32.2. The van der Waals surface area contributed by atoms with Crippen molar-refractivity contribution in [2.45, 2.75) is 43.0 Å². The quantitative estimate of drug-likeness (QED) is 0.557. The van der Waals surface area contributed by atoms with E-state index in [-0.39, 0.29) is 5.91 Å². The highest BCUT2D eigenvalue weighted by Crippen LogP contribution is 2.26. The molecule has 1 aromatic heterocycles. The maximum absolute atomic E-state index is 12.0. The van der Waals surface area contributed by atoms with Gasteiger partial charge in [-0.1, -0.05) is 42.9 Å². The molecule has 8 heteroatoms. The molecule has 2 rings (SSSR count). The third-order valence-electron chi connectivity index (χ3n) is 3.77. The van der Waals surface area contributed by atoms with E-state index in [1.807, 2.05) is 0 Å². The molecule has 0 aliphatic heterocycles. The van der Waals surface area contributed by atoms with E-state index in [1.165, 1.54) is 42.4 Å². The number of carbonyl (C=O) groups is 1. The molecule has 0 saturated heterocycles. The summed E-state index contributed by atoms with van der Waals surface area (Å²) in [6, 6.07) is 0.336. The lowest BCUT2D eigenvalue weighted by Crippen LogP contribution is -2.41. The van der Waals surface area contributed by atoms with Gasteiger partial charge in [-0.15, -0.1) is 10.2 Å². The number of nitrogens with zero attached hydrogens (tertiary/aromatic N) is 2. The first kappa shape index (κ1) is 17.5. The van der Waals surface area contributed by atoms with Gasteiger partial charge in [-0.25, -0.2) is 0 Å². The number of methoxy groups -OCH3 is 1. The van der Waals surface area contributed by atoms with E-state index < -0.39 is 0 Å². The number of rotatable bonds is 8. The van der Waals surface area contributed by atoms with E-state index >= 15 is 0 Å². The summed E-state index contributed by atoms with van der Waals surface area (Å²) in [6.45, 7) is 3.56. The monoisotopic (exact) mass is 344 g/mol. The Labute approximate surface area is 139 Å². The number of thioether (sulfide) groups is 1. The molecule has 0 radical (unpaired) electrons. The van der Waals surface area contributed by atoms with Crippen LogP contribution in [-0.4, -0.2) is 48.2 Å². The first-order valence-electron chi connectivity index (χ1n) is 7.67. The summed E-state index contributed by atoms with van der Waals surface area (Å²) in [5.74, 6) is 1.07.